The quantitative estimate of drug-likeness (QED) is 0.829. The molecule has 0 atom stereocenters. The fraction of sp³-hybridized carbons (Fsp3) is 0.750. The second-order valence-corrected chi connectivity index (χ2v) is 4.63. The lowest BCUT2D eigenvalue weighted by molar-refractivity contribution is 0.177. The van der Waals surface area contributed by atoms with Gasteiger partial charge in [0.25, 0.3) is 0 Å². The van der Waals surface area contributed by atoms with Crippen molar-refractivity contribution in [2.45, 2.75) is 32.9 Å². The van der Waals surface area contributed by atoms with Crippen LogP contribution in [0.25, 0.3) is 0 Å². The van der Waals surface area contributed by atoms with Crippen molar-refractivity contribution in [3.63, 3.8) is 0 Å². The summed E-state index contributed by atoms with van der Waals surface area (Å²) in [6.45, 7) is 7.40. The van der Waals surface area contributed by atoms with Crippen LogP contribution in [-0.2, 0) is 13.1 Å². The third-order valence-electron chi connectivity index (χ3n) is 3.57. The van der Waals surface area contributed by atoms with E-state index >= 15 is 0 Å². The molecule has 1 aliphatic heterocycles. The number of nitrogens with zero attached hydrogens (tertiary/aromatic N) is 3. The van der Waals surface area contributed by atoms with Gasteiger partial charge in [-0.2, -0.15) is 0 Å². The Kier molecular flexibility index (Phi) is 3.96. The van der Waals surface area contributed by atoms with E-state index in [-0.39, 0.29) is 0 Å². The van der Waals surface area contributed by atoms with Crippen molar-refractivity contribution in [1.82, 2.24) is 14.5 Å². The minimum Gasteiger partial charge on any atom is -0.334 e. The van der Waals surface area contributed by atoms with E-state index in [1.54, 1.807) is 0 Å². The molecule has 1 aromatic rings. The summed E-state index contributed by atoms with van der Waals surface area (Å²) in [4.78, 5) is 6.72. The highest BCUT2D eigenvalue weighted by Gasteiger charge is 2.18. The van der Waals surface area contributed by atoms with Gasteiger partial charge in [-0.05, 0) is 45.3 Å². The first kappa shape index (κ1) is 11.6. The molecule has 0 radical (unpaired) electrons. The molecule has 0 aromatic carbocycles. The lowest BCUT2D eigenvalue weighted by Gasteiger charge is -2.31. The summed E-state index contributed by atoms with van der Waals surface area (Å²) >= 11 is 0. The van der Waals surface area contributed by atoms with Gasteiger partial charge >= 0.3 is 0 Å². The summed E-state index contributed by atoms with van der Waals surface area (Å²) in [6.07, 6.45) is 6.40. The van der Waals surface area contributed by atoms with Gasteiger partial charge in [-0.1, -0.05) is 0 Å². The topological polar surface area (TPSA) is 47.1 Å². The number of piperidine rings is 1. The molecule has 1 saturated heterocycles. The van der Waals surface area contributed by atoms with E-state index in [0.717, 1.165) is 25.6 Å². The molecule has 0 bridgehead atoms. The molecule has 2 heterocycles. The molecule has 0 aliphatic carbocycles. The number of aryl methyl sites for hydroxylation is 1. The zero-order valence-corrected chi connectivity index (χ0v) is 10.1. The van der Waals surface area contributed by atoms with Crippen molar-refractivity contribution in [3.8, 4) is 0 Å². The molecule has 2 rings (SSSR count). The Bertz CT molecular complexity index is 313. The third kappa shape index (κ3) is 2.62. The van der Waals surface area contributed by atoms with Crippen LogP contribution in [0.3, 0.4) is 0 Å². The number of aromatic nitrogens is 2. The van der Waals surface area contributed by atoms with Gasteiger partial charge in [0.05, 0.1) is 12.0 Å². The normalized spacial score (nSPS) is 19.1. The standard InChI is InChI=1S/C12H22N4/c1-2-16-10-14-8-12(16)9-15-5-3-11(7-13)4-6-15/h8,10-11H,2-7,9,13H2,1H3. The van der Waals surface area contributed by atoms with Gasteiger partial charge in [-0.15, -0.1) is 0 Å². The van der Waals surface area contributed by atoms with Crippen LogP contribution in [0.5, 0.6) is 0 Å². The largest absolute Gasteiger partial charge is 0.334 e. The van der Waals surface area contributed by atoms with E-state index < -0.39 is 0 Å². The summed E-state index contributed by atoms with van der Waals surface area (Å²) in [6, 6.07) is 0. The van der Waals surface area contributed by atoms with Crippen molar-refractivity contribution in [2.75, 3.05) is 19.6 Å². The lowest BCUT2D eigenvalue weighted by Crippen LogP contribution is -2.36. The van der Waals surface area contributed by atoms with E-state index in [2.05, 4.69) is 21.4 Å². The number of hydrogen-bond acceptors (Lipinski definition) is 3. The van der Waals surface area contributed by atoms with E-state index in [9.17, 15) is 0 Å². The number of rotatable bonds is 4. The van der Waals surface area contributed by atoms with Crippen LogP contribution in [0.1, 0.15) is 25.5 Å². The SMILES string of the molecule is CCn1cncc1CN1CCC(CN)CC1. The van der Waals surface area contributed by atoms with Gasteiger partial charge in [0, 0.05) is 19.3 Å². The summed E-state index contributed by atoms with van der Waals surface area (Å²) < 4.78 is 2.22. The van der Waals surface area contributed by atoms with Crippen molar-refractivity contribution in [2.24, 2.45) is 11.7 Å². The van der Waals surface area contributed by atoms with E-state index in [1.165, 1.54) is 31.6 Å². The maximum absolute atomic E-state index is 5.70. The van der Waals surface area contributed by atoms with Crippen molar-refractivity contribution in [3.05, 3.63) is 18.2 Å². The van der Waals surface area contributed by atoms with Crippen LogP contribution in [0, 0.1) is 5.92 Å². The number of imidazole rings is 1. The number of likely N-dealkylation sites (tertiary alicyclic amines) is 1. The summed E-state index contributed by atoms with van der Waals surface area (Å²) in [5, 5.41) is 0. The average molecular weight is 222 g/mol. The highest BCUT2D eigenvalue weighted by Crippen LogP contribution is 2.17. The fourth-order valence-corrected chi connectivity index (χ4v) is 2.37. The molecule has 0 amide bonds. The maximum atomic E-state index is 5.70. The van der Waals surface area contributed by atoms with Crippen molar-refractivity contribution < 1.29 is 0 Å². The van der Waals surface area contributed by atoms with Gasteiger partial charge in [-0.3, -0.25) is 4.90 Å². The zero-order valence-electron chi connectivity index (χ0n) is 10.1. The molecule has 0 spiro atoms. The smallest absolute Gasteiger partial charge is 0.0948 e. The van der Waals surface area contributed by atoms with Crippen LogP contribution in [0.15, 0.2) is 12.5 Å². The first-order valence-electron chi connectivity index (χ1n) is 6.25. The van der Waals surface area contributed by atoms with Crippen LogP contribution in [-0.4, -0.2) is 34.1 Å². The Morgan fingerprint density at radius 1 is 1.44 bits per heavy atom. The summed E-state index contributed by atoms with van der Waals surface area (Å²) in [7, 11) is 0. The van der Waals surface area contributed by atoms with E-state index in [4.69, 9.17) is 5.73 Å². The van der Waals surface area contributed by atoms with Crippen LogP contribution in [0.2, 0.25) is 0 Å². The monoisotopic (exact) mass is 222 g/mol. The molecular formula is C12H22N4. The average Bonchev–Trinajstić information content (AvgIpc) is 2.77. The minimum absolute atomic E-state index is 0.743. The third-order valence-corrected chi connectivity index (χ3v) is 3.57. The first-order chi connectivity index (χ1) is 7.83. The van der Waals surface area contributed by atoms with Gasteiger partial charge in [0.15, 0.2) is 0 Å². The molecular weight excluding hydrogens is 200 g/mol. The molecule has 16 heavy (non-hydrogen) atoms. The molecule has 1 aromatic heterocycles. The predicted molar refractivity (Wildman–Crippen MR) is 65.0 cm³/mol. The predicted octanol–water partition coefficient (Wildman–Crippen LogP) is 1.07. The molecule has 90 valence electrons. The summed E-state index contributed by atoms with van der Waals surface area (Å²) in [5.74, 6) is 0.743. The Morgan fingerprint density at radius 3 is 2.81 bits per heavy atom. The Balaban J connectivity index is 1.87. The van der Waals surface area contributed by atoms with Crippen molar-refractivity contribution >= 4 is 0 Å². The highest BCUT2D eigenvalue weighted by atomic mass is 15.2. The summed E-state index contributed by atoms with van der Waals surface area (Å²) in [5.41, 5.74) is 7.03. The van der Waals surface area contributed by atoms with Crippen LogP contribution >= 0.6 is 0 Å². The van der Waals surface area contributed by atoms with E-state index in [0.29, 0.717) is 0 Å². The highest BCUT2D eigenvalue weighted by molar-refractivity contribution is 4.98. The van der Waals surface area contributed by atoms with Crippen molar-refractivity contribution in [1.29, 1.82) is 0 Å². The second-order valence-electron chi connectivity index (χ2n) is 4.63. The molecule has 0 saturated carbocycles. The van der Waals surface area contributed by atoms with Gasteiger partial charge in [0.1, 0.15) is 0 Å². The molecule has 0 unspecified atom stereocenters. The Labute approximate surface area is 97.4 Å². The van der Waals surface area contributed by atoms with Gasteiger partial charge < -0.3 is 10.3 Å². The van der Waals surface area contributed by atoms with Gasteiger partial charge in [0.2, 0.25) is 0 Å². The molecule has 1 fully saturated rings. The Morgan fingerprint density at radius 2 is 2.19 bits per heavy atom. The molecule has 4 heteroatoms. The minimum atomic E-state index is 0.743. The fourth-order valence-electron chi connectivity index (χ4n) is 2.37. The first-order valence-corrected chi connectivity index (χ1v) is 6.25. The molecule has 1 aliphatic rings. The van der Waals surface area contributed by atoms with E-state index in [1.807, 2.05) is 12.5 Å². The van der Waals surface area contributed by atoms with Gasteiger partial charge in [-0.25, -0.2) is 4.98 Å². The maximum Gasteiger partial charge on any atom is 0.0948 e. The molecule has 2 N–H and O–H groups in total. The Hall–Kier alpha value is -0.870. The lowest BCUT2D eigenvalue weighted by atomic mass is 9.97. The number of hydrogen-bond donors (Lipinski definition) is 1. The second kappa shape index (κ2) is 5.46. The zero-order chi connectivity index (χ0) is 11.4. The van der Waals surface area contributed by atoms with Crippen LogP contribution < -0.4 is 5.73 Å². The van der Waals surface area contributed by atoms with Crippen LogP contribution in [0.4, 0.5) is 0 Å². The molecule has 4 nitrogen and oxygen atoms in total. The number of nitrogens with two attached hydrogens (primary N) is 1.